The molecule has 0 amide bonds. The minimum atomic E-state index is 0.133. The molecule has 0 aromatic carbocycles. The van der Waals surface area contributed by atoms with Crippen LogP contribution in [0, 0.1) is 0 Å². The van der Waals surface area contributed by atoms with Gasteiger partial charge in [0.05, 0.1) is 12.2 Å². The Kier molecular flexibility index (Phi) is 2.91. The van der Waals surface area contributed by atoms with Gasteiger partial charge in [0.1, 0.15) is 0 Å². The van der Waals surface area contributed by atoms with Gasteiger partial charge in [-0.25, -0.2) is 0 Å². The van der Waals surface area contributed by atoms with Gasteiger partial charge in [-0.05, 0) is 6.08 Å². The van der Waals surface area contributed by atoms with Gasteiger partial charge in [-0.1, -0.05) is 0 Å². The number of rotatable bonds is 2. The molecule has 0 aromatic rings. The molecular formula is C8H15NO2. The molecule has 3 nitrogen and oxygen atoms in total. The van der Waals surface area contributed by atoms with Crippen LogP contribution in [-0.2, 0) is 9.47 Å². The third kappa shape index (κ3) is 2.20. The minimum absolute atomic E-state index is 0.133. The van der Waals surface area contributed by atoms with Crippen molar-refractivity contribution < 1.29 is 9.47 Å². The van der Waals surface area contributed by atoms with Gasteiger partial charge in [-0.3, -0.25) is 0 Å². The van der Waals surface area contributed by atoms with E-state index in [1.54, 1.807) is 14.2 Å². The van der Waals surface area contributed by atoms with E-state index in [0.717, 1.165) is 18.5 Å². The van der Waals surface area contributed by atoms with Gasteiger partial charge in [-0.2, -0.15) is 0 Å². The van der Waals surface area contributed by atoms with Gasteiger partial charge in [0, 0.05) is 32.8 Å². The van der Waals surface area contributed by atoms with E-state index in [1.807, 2.05) is 6.08 Å². The fourth-order valence-corrected chi connectivity index (χ4v) is 1.32. The van der Waals surface area contributed by atoms with Gasteiger partial charge >= 0.3 is 0 Å². The normalized spacial score (nSPS) is 31.6. The second-order valence-electron chi connectivity index (χ2n) is 2.81. The highest BCUT2D eigenvalue weighted by Gasteiger charge is 2.20. The Morgan fingerprint density at radius 2 is 2.18 bits per heavy atom. The number of nitrogens with two attached hydrogens (primary N) is 1. The SMILES string of the molecule is COC1C=C(N)CC(OC)C1. The lowest BCUT2D eigenvalue weighted by molar-refractivity contribution is 0.0337. The molecule has 1 rings (SSSR count). The quantitative estimate of drug-likeness (QED) is 0.640. The van der Waals surface area contributed by atoms with Crippen molar-refractivity contribution >= 4 is 0 Å². The summed E-state index contributed by atoms with van der Waals surface area (Å²) in [5, 5.41) is 0. The highest BCUT2D eigenvalue weighted by molar-refractivity contribution is 5.07. The Labute approximate surface area is 67.2 Å². The van der Waals surface area contributed by atoms with Crippen molar-refractivity contribution in [2.45, 2.75) is 25.0 Å². The minimum Gasteiger partial charge on any atom is -0.402 e. The first-order valence-electron chi connectivity index (χ1n) is 3.78. The van der Waals surface area contributed by atoms with Gasteiger partial charge in [0.25, 0.3) is 0 Å². The smallest absolute Gasteiger partial charge is 0.0796 e. The van der Waals surface area contributed by atoms with Crippen LogP contribution in [0.5, 0.6) is 0 Å². The highest BCUT2D eigenvalue weighted by atomic mass is 16.5. The zero-order chi connectivity index (χ0) is 8.27. The van der Waals surface area contributed by atoms with Crippen LogP contribution in [-0.4, -0.2) is 26.4 Å². The molecule has 64 valence electrons. The number of hydrogen-bond donors (Lipinski definition) is 1. The van der Waals surface area contributed by atoms with E-state index in [2.05, 4.69) is 0 Å². The molecule has 0 radical (unpaired) electrons. The van der Waals surface area contributed by atoms with Crippen molar-refractivity contribution in [3.63, 3.8) is 0 Å². The average molecular weight is 157 g/mol. The fourth-order valence-electron chi connectivity index (χ4n) is 1.32. The van der Waals surface area contributed by atoms with E-state index in [9.17, 15) is 0 Å². The van der Waals surface area contributed by atoms with Crippen molar-refractivity contribution in [2.75, 3.05) is 14.2 Å². The van der Waals surface area contributed by atoms with Crippen LogP contribution in [0.2, 0.25) is 0 Å². The second-order valence-corrected chi connectivity index (χ2v) is 2.81. The van der Waals surface area contributed by atoms with E-state index < -0.39 is 0 Å². The third-order valence-electron chi connectivity index (χ3n) is 1.99. The summed E-state index contributed by atoms with van der Waals surface area (Å²) in [6, 6.07) is 0. The molecule has 0 aliphatic heterocycles. The van der Waals surface area contributed by atoms with Crippen LogP contribution in [0.4, 0.5) is 0 Å². The first kappa shape index (κ1) is 8.56. The topological polar surface area (TPSA) is 44.5 Å². The Bertz CT molecular complexity index is 156. The summed E-state index contributed by atoms with van der Waals surface area (Å²) >= 11 is 0. The molecule has 2 N–H and O–H groups in total. The summed E-state index contributed by atoms with van der Waals surface area (Å²) in [4.78, 5) is 0. The standard InChI is InChI=1S/C8H15NO2/c1-10-7-3-6(9)4-8(5-7)11-2/h3,7-8H,4-5,9H2,1-2H3. The van der Waals surface area contributed by atoms with E-state index in [1.165, 1.54) is 0 Å². The maximum Gasteiger partial charge on any atom is 0.0796 e. The van der Waals surface area contributed by atoms with Crippen molar-refractivity contribution in [1.29, 1.82) is 0 Å². The summed E-state index contributed by atoms with van der Waals surface area (Å²) in [7, 11) is 3.39. The first-order chi connectivity index (χ1) is 5.26. The van der Waals surface area contributed by atoms with Gasteiger partial charge in [0.15, 0.2) is 0 Å². The molecule has 2 atom stereocenters. The van der Waals surface area contributed by atoms with Gasteiger partial charge in [-0.15, -0.1) is 0 Å². The maximum absolute atomic E-state index is 5.67. The summed E-state index contributed by atoms with van der Waals surface area (Å²) in [5.74, 6) is 0. The van der Waals surface area contributed by atoms with Crippen LogP contribution in [0.25, 0.3) is 0 Å². The molecule has 0 aromatic heterocycles. The largest absolute Gasteiger partial charge is 0.402 e. The first-order valence-corrected chi connectivity index (χ1v) is 3.78. The number of ether oxygens (including phenoxy) is 2. The van der Waals surface area contributed by atoms with Crippen molar-refractivity contribution in [2.24, 2.45) is 5.73 Å². The molecule has 0 saturated heterocycles. The molecule has 3 heteroatoms. The second kappa shape index (κ2) is 3.74. The van der Waals surface area contributed by atoms with E-state index >= 15 is 0 Å². The zero-order valence-corrected chi connectivity index (χ0v) is 7.04. The molecule has 0 fully saturated rings. The predicted molar refractivity (Wildman–Crippen MR) is 43.1 cm³/mol. The molecular weight excluding hydrogens is 142 g/mol. The van der Waals surface area contributed by atoms with Crippen LogP contribution in [0.3, 0.4) is 0 Å². The molecule has 2 unspecified atom stereocenters. The van der Waals surface area contributed by atoms with E-state index in [-0.39, 0.29) is 12.2 Å². The lowest BCUT2D eigenvalue weighted by atomic mass is 9.99. The van der Waals surface area contributed by atoms with Crippen molar-refractivity contribution in [3.05, 3.63) is 11.8 Å². The molecule has 0 spiro atoms. The molecule has 0 heterocycles. The average Bonchev–Trinajstić information content (AvgIpc) is 2.03. The Morgan fingerprint density at radius 1 is 1.45 bits per heavy atom. The van der Waals surface area contributed by atoms with Crippen LogP contribution >= 0.6 is 0 Å². The van der Waals surface area contributed by atoms with Gasteiger partial charge < -0.3 is 15.2 Å². The maximum atomic E-state index is 5.67. The summed E-state index contributed by atoms with van der Waals surface area (Å²) < 4.78 is 10.4. The van der Waals surface area contributed by atoms with Gasteiger partial charge in [0.2, 0.25) is 0 Å². The Balaban J connectivity index is 2.53. The molecule has 0 bridgehead atoms. The lowest BCUT2D eigenvalue weighted by Crippen LogP contribution is -2.27. The molecule has 1 aliphatic carbocycles. The fraction of sp³-hybridized carbons (Fsp3) is 0.750. The Morgan fingerprint density at radius 3 is 2.73 bits per heavy atom. The monoisotopic (exact) mass is 157 g/mol. The molecule has 1 aliphatic rings. The summed E-state index contributed by atoms with van der Waals surface area (Å²) in [6.07, 6.45) is 4.05. The molecule has 0 saturated carbocycles. The molecule has 11 heavy (non-hydrogen) atoms. The zero-order valence-electron chi connectivity index (χ0n) is 7.04. The van der Waals surface area contributed by atoms with E-state index in [0.29, 0.717) is 0 Å². The Hall–Kier alpha value is -0.540. The lowest BCUT2D eigenvalue weighted by Gasteiger charge is -2.24. The van der Waals surface area contributed by atoms with Crippen LogP contribution in [0.1, 0.15) is 12.8 Å². The van der Waals surface area contributed by atoms with Crippen LogP contribution in [0.15, 0.2) is 11.8 Å². The third-order valence-corrected chi connectivity index (χ3v) is 1.99. The highest BCUT2D eigenvalue weighted by Crippen LogP contribution is 2.19. The predicted octanol–water partition coefficient (Wildman–Crippen LogP) is 0.653. The number of hydrogen-bond acceptors (Lipinski definition) is 3. The summed E-state index contributed by atoms with van der Waals surface area (Å²) in [6.45, 7) is 0. The van der Waals surface area contributed by atoms with Crippen LogP contribution < -0.4 is 5.73 Å². The van der Waals surface area contributed by atoms with Crippen molar-refractivity contribution in [3.8, 4) is 0 Å². The van der Waals surface area contributed by atoms with E-state index in [4.69, 9.17) is 15.2 Å². The number of methoxy groups -OCH3 is 2. The summed E-state index contributed by atoms with van der Waals surface area (Å²) in [5.41, 5.74) is 6.54. The van der Waals surface area contributed by atoms with Crippen molar-refractivity contribution in [1.82, 2.24) is 0 Å².